The largest absolute Gasteiger partial charge is 0.416 e. The van der Waals surface area contributed by atoms with Gasteiger partial charge in [0.25, 0.3) is 5.91 Å². The topological polar surface area (TPSA) is 59.2 Å². The van der Waals surface area contributed by atoms with E-state index >= 15 is 0 Å². The van der Waals surface area contributed by atoms with Gasteiger partial charge in [0.05, 0.1) is 10.3 Å². The minimum absolute atomic E-state index is 0.0351. The molecule has 2 aromatic heterocycles. The quantitative estimate of drug-likeness (QED) is 0.371. The average molecular weight is 468 g/mol. The number of hydrogen-bond acceptors (Lipinski definition) is 5. The van der Waals surface area contributed by atoms with E-state index in [1.54, 1.807) is 35.4 Å². The third kappa shape index (κ3) is 4.46. The second-order valence-electron chi connectivity index (χ2n) is 6.73. The van der Waals surface area contributed by atoms with Gasteiger partial charge in [0.2, 0.25) is 11.8 Å². The molecule has 2 heterocycles. The second-order valence-corrected chi connectivity index (χ2v) is 9.27. The smallest absolute Gasteiger partial charge is 0.253 e. The SMILES string of the molecule is Cc1cccc(-c2nnc(-c3ccc(C(=O)N(C)Cc4ccc(Br)s4)cc3)o2)c1. The Hall–Kier alpha value is -2.77. The highest BCUT2D eigenvalue weighted by Crippen LogP contribution is 2.26. The van der Waals surface area contributed by atoms with Gasteiger partial charge in [0.1, 0.15) is 0 Å². The first-order chi connectivity index (χ1) is 14.0. The Morgan fingerprint density at radius 3 is 2.41 bits per heavy atom. The summed E-state index contributed by atoms with van der Waals surface area (Å²) in [6.45, 7) is 2.59. The summed E-state index contributed by atoms with van der Waals surface area (Å²) < 4.78 is 6.88. The highest BCUT2D eigenvalue weighted by molar-refractivity contribution is 9.11. The molecule has 0 fully saturated rings. The van der Waals surface area contributed by atoms with E-state index in [-0.39, 0.29) is 5.91 Å². The van der Waals surface area contributed by atoms with Crippen molar-refractivity contribution in [2.75, 3.05) is 7.05 Å². The summed E-state index contributed by atoms with van der Waals surface area (Å²) in [5.74, 6) is 0.870. The molecule has 0 bridgehead atoms. The molecule has 0 saturated carbocycles. The van der Waals surface area contributed by atoms with Crippen LogP contribution in [0.25, 0.3) is 22.9 Å². The van der Waals surface area contributed by atoms with E-state index in [0.717, 1.165) is 25.4 Å². The van der Waals surface area contributed by atoms with Crippen molar-refractivity contribution in [3.63, 3.8) is 0 Å². The van der Waals surface area contributed by atoms with Gasteiger partial charge in [0, 0.05) is 28.6 Å². The third-order valence-electron chi connectivity index (χ3n) is 4.44. The summed E-state index contributed by atoms with van der Waals surface area (Å²) >= 11 is 5.07. The Bertz CT molecular complexity index is 1150. The molecule has 0 atom stereocenters. The number of aromatic nitrogens is 2. The van der Waals surface area contributed by atoms with Gasteiger partial charge < -0.3 is 9.32 Å². The number of hydrogen-bond donors (Lipinski definition) is 0. The summed E-state index contributed by atoms with van der Waals surface area (Å²) in [6.07, 6.45) is 0. The fourth-order valence-corrected chi connectivity index (χ4v) is 4.49. The normalized spacial score (nSPS) is 10.9. The number of nitrogens with zero attached hydrogens (tertiary/aromatic N) is 3. The van der Waals surface area contributed by atoms with Crippen LogP contribution in [-0.2, 0) is 6.54 Å². The number of aryl methyl sites for hydroxylation is 1. The zero-order chi connectivity index (χ0) is 20.4. The molecule has 0 radical (unpaired) electrons. The maximum atomic E-state index is 12.7. The summed E-state index contributed by atoms with van der Waals surface area (Å²) in [5.41, 5.74) is 3.41. The maximum Gasteiger partial charge on any atom is 0.253 e. The fraction of sp³-hybridized carbons (Fsp3) is 0.136. The first kappa shape index (κ1) is 19.5. The minimum Gasteiger partial charge on any atom is -0.416 e. The summed E-state index contributed by atoms with van der Waals surface area (Å²) in [6, 6.07) is 19.2. The molecular formula is C22H18BrN3O2S. The van der Waals surface area contributed by atoms with Gasteiger partial charge in [-0.3, -0.25) is 4.79 Å². The molecule has 4 rings (SSSR count). The minimum atomic E-state index is -0.0351. The average Bonchev–Trinajstić information content (AvgIpc) is 3.37. The number of benzene rings is 2. The lowest BCUT2D eigenvalue weighted by molar-refractivity contribution is 0.0786. The van der Waals surface area contributed by atoms with E-state index in [1.807, 2.05) is 55.5 Å². The van der Waals surface area contributed by atoms with E-state index in [0.29, 0.717) is 23.9 Å². The molecule has 4 aromatic rings. The zero-order valence-corrected chi connectivity index (χ0v) is 18.3. The highest BCUT2D eigenvalue weighted by Gasteiger charge is 2.15. The van der Waals surface area contributed by atoms with Crippen molar-refractivity contribution < 1.29 is 9.21 Å². The molecule has 0 saturated heterocycles. The Morgan fingerprint density at radius 1 is 1.03 bits per heavy atom. The molecule has 2 aromatic carbocycles. The van der Waals surface area contributed by atoms with Crippen LogP contribution in [0, 0.1) is 6.92 Å². The Labute approximate surface area is 181 Å². The summed E-state index contributed by atoms with van der Waals surface area (Å²) in [4.78, 5) is 15.5. The van der Waals surface area contributed by atoms with Crippen LogP contribution in [0.3, 0.4) is 0 Å². The van der Waals surface area contributed by atoms with Crippen molar-refractivity contribution in [1.29, 1.82) is 0 Å². The van der Waals surface area contributed by atoms with Crippen molar-refractivity contribution in [3.8, 4) is 22.9 Å². The number of thiophene rings is 1. The van der Waals surface area contributed by atoms with Crippen LogP contribution in [-0.4, -0.2) is 28.1 Å². The van der Waals surface area contributed by atoms with Gasteiger partial charge in [-0.25, -0.2) is 0 Å². The van der Waals surface area contributed by atoms with Crippen molar-refractivity contribution in [2.24, 2.45) is 0 Å². The first-order valence-electron chi connectivity index (χ1n) is 9.00. The molecule has 0 aliphatic rings. The molecule has 0 aliphatic carbocycles. The predicted molar refractivity (Wildman–Crippen MR) is 118 cm³/mol. The molecule has 0 N–H and O–H groups in total. The monoisotopic (exact) mass is 467 g/mol. The zero-order valence-electron chi connectivity index (χ0n) is 15.9. The molecule has 5 nitrogen and oxygen atoms in total. The Kier molecular flexibility index (Phi) is 5.60. The molecule has 1 amide bonds. The third-order valence-corrected chi connectivity index (χ3v) is 6.05. The van der Waals surface area contributed by atoms with E-state index in [1.165, 1.54) is 0 Å². The standard InChI is InChI=1S/C22H18BrN3O2S/c1-14-4-3-5-17(12-14)21-25-24-20(28-21)15-6-8-16(9-7-15)22(27)26(2)13-18-10-11-19(23)29-18/h3-12H,13H2,1-2H3. The van der Waals surface area contributed by atoms with E-state index in [9.17, 15) is 4.79 Å². The molecule has 0 aliphatic heterocycles. The summed E-state index contributed by atoms with van der Waals surface area (Å²) in [7, 11) is 1.80. The van der Waals surface area contributed by atoms with Gasteiger partial charge in [-0.15, -0.1) is 21.5 Å². The number of halogens is 1. The van der Waals surface area contributed by atoms with Crippen LogP contribution in [0.2, 0.25) is 0 Å². The molecule has 7 heteroatoms. The van der Waals surface area contributed by atoms with Crippen molar-refractivity contribution in [1.82, 2.24) is 15.1 Å². The number of carbonyl (C=O) groups excluding carboxylic acids is 1. The van der Waals surface area contributed by atoms with Crippen LogP contribution in [0.1, 0.15) is 20.8 Å². The summed E-state index contributed by atoms with van der Waals surface area (Å²) in [5, 5.41) is 8.29. The fourth-order valence-electron chi connectivity index (χ4n) is 2.95. The van der Waals surface area contributed by atoms with Crippen molar-refractivity contribution >= 4 is 33.2 Å². The Balaban J connectivity index is 1.48. The lowest BCUT2D eigenvalue weighted by atomic mass is 10.1. The van der Waals surface area contributed by atoms with Crippen molar-refractivity contribution in [3.05, 3.63) is 80.5 Å². The van der Waals surface area contributed by atoms with Crippen LogP contribution >= 0.6 is 27.3 Å². The van der Waals surface area contributed by atoms with E-state index < -0.39 is 0 Å². The molecule has 146 valence electrons. The second kappa shape index (κ2) is 8.31. The highest BCUT2D eigenvalue weighted by atomic mass is 79.9. The van der Waals surface area contributed by atoms with Gasteiger partial charge in [0.15, 0.2) is 0 Å². The lowest BCUT2D eigenvalue weighted by Crippen LogP contribution is -2.25. The Morgan fingerprint density at radius 2 is 1.76 bits per heavy atom. The first-order valence-corrected chi connectivity index (χ1v) is 10.6. The van der Waals surface area contributed by atoms with E-state index in [2.05, 4.69) is 26.1 Å². The van der Waals surface area contributed by atoms with Gasteiger partial charge in [-0.1, -0.05) is 17.7 Å². The van der Waals surface area contributed by atoms with Crippen LogP contribution in [0.5, 0.6) is 0 Å². The maximum absolute atomic E-state index is 12.7. The van der Waals surface area contributed by atoms with Crippen molar-refractivity contribution in [2.45, 2.75) is 13.5 Å². The van der Waals surface area contributed by atoms with Crippen LogP contribution in [0.4, 0.5) is 0 Å². The lowest BCUT2D eigenvalue weighted by Gasteiger charge is -2.16. The molecular weight excluding hydrogens is 450 g/mol. The number of carbonyl (C=O) groups is 1. The van der Waals surface area contributed by atoms with Gasteiger partial charge >= 0.3 is 0 Å². The number of amides is 1. The molecule has 29 heavy (non-hydrogen) atoms. The molecule has 0 unspecified atom stereocenters. The number of rotatable bonds is 5. The molecule has 0 spiro atoms. The van der Waals surface area contributed by atoms with Crippen LogP contribution < -0.4 is 0 Å². The van der Waals surface area contributed by atoms with Crippen LogP contribution in [0.15, 0.2) is 68.9 Å². The predicted octanol–water partition coefficient (Wildman–Crippen LogP) is 5.81. The van der Waals surface area contributed by atoms with Gasteiger partial charge in [-0.2, -0.15) is 0 Å². The van der Waals surface area contributed by atoms with Gasteiger partial charge in [-0.05, 0) is 71.4 Å². The van der Waals surface area contributed by atoms with E-state index in [4.69, 9.17) is 4.42 Å².